The standard InChI is InChI=1S/C9H15NO2/c1-3-4-5-8(10)6-7-9(11)12-2/h3,10H,1,4-7H2,2H3/p+1. The van der Waals surface area contributed by atoms with Crippen molar-refractivity contribution in [2.75, 3.05) is 7.11 Å². The van der Waals surface area contributed by atoms with Crippen LogP contribution < -0.4 is 5.41 Å². The molecule has 0 unspecified atom stereocenters. The van der Waals surface area contributed by atoms with E-state index in [1.54, 1.807) is 0 Å². The Hall–Kier alpha value is -1.12. The summed E-state index contributed by atoms with van der Waals surface area (Å²) in [4.78, 5) is 10.7. The Balaban J connectivity index is 3.43. The molecule has 0 fully saturated rings. The Labute approximate surface area is 72.9 Å². The number of esters is 1. The molecule has 3 nitrogen and oxygen atoms in total. The monoisotopic (exact) mass is 170 g/mol. The molecule has 0 amide bonds. The first-order valence-corrected chi connectivity index (χ1v) is 3.98. The fourth-order valence-corrected chi connectivity index (χ4v) is 0.777. The molecule has 0 radical (unpaired) electrons. The predicted molar refractivity (Wildman–Crippen MR) is 47.6 cm³/mol. The Morgan fingerprint density at radius 1 is 1.50 bits per heavy atom. The molecule has 0 aliphatic rings. The zero-order valence-corrected chi connectivity index (χ0v) is 7.51. The second-order valence-electron chi connectivity index (χ2n) is 2.56. The highest BCUT2D eigenvalue weighted by atomic mass is 16.5. The summed E-state index contributed by atoms with van der Waals surface area (Å²) >= 11 is 0. The van der Waals surface area contributed by atoms with Crippen LogP contribution >= 0.6 is 0 Å². The van der Waals surface area contributed by atoms with E-state index in [0.29, 0.717) is 12.8 Å². The summed E-state index contributed by atoms with van der Waals surface area (Å²) in [6.07, 6.45) is 4.47. The quantitative estimate of drug-likeness (QED) is 0.349. The number of methoxy groups -OCH3 is 1. The minimum absolute atomic E-state index is 0.212. The van der Waals surface area contributed by atoms with Crippen LogP contribution in [0, 0.1) is 0 Å². The molecule has 68 valence electrons. The van der Waals surface area contributed by atoms with Gasteiger partial charge in [0.1, 0.15) is 5.71 Å². The zero-order chi connectivity index (χ0) is 9.40. The van der Waals surface area contributed by atoms with Crippen LogP contribution in [0.25, 0.3) is 0 Å². The van der Waals surface area contributed by atoms with Gasteiger partial charge in [0, 0.05) is 12.8 Å². The number of hydrogen-bond acceptors (Lipinski definition) is 2. The average molecular weight is 170 g/mol. The molecule has 0 saturated heterocycles. The van der Waals surface area contributed by atoms with E-state index < -0.39 is 0 Å². The first kappa shape index (κ1) is 10.9. The van der Waals surface area contributed by atoms with E-state index in [9.17, 15) is 4.79 Å². The van der Waals surface area contributed by atoms with Crippen molar-refractivity contribution in [1.29, 1.82) is 0 Å². The molecule has 0 spiro atoms. The number of allylic oxidation sites excluding steroid dienone is 1. The zero-order valence-electron chi connectivity index (χ0n) is 7.51. The van der Waals surface area contributed by atoms with Crippen LogP contribution in [0.5, 0.6) is 0 Å². The number of nitrogens with two attached hydrogens (primary N) is 1. The normalized spacial score (nSPS) is 9.08. The van der Waals surface area contributed by atoms with Crippen molar-refractivity contribution in [3.8, 4) is 0 Å². The maximum absolute atomic E-state index is 10.7. The van der Waals surface area contributed by atoms with Crippen molar-refractivity contribution in [1.82, 2.24) is 0 Å². The fraction of sp³-hybridized carbons (Fsp3) is 0.556. The van der Waals surface area contributed by atoms with Crippen LogP contribution in [0.1, 0.15) is 25.7 Å². The number of rotatable bonds is 6. The van der Waals surface area contributed by atoms with Gasteiger partial charge in [-0.05, 0) is 6.42 Å². The van der Waals surface area contributed by atoms with E-state index in [0.717, 1.165) is 18.6 Å². The van der Waals surface area contributed by atoms with Crippen molar-refractivity contribution in [2.24, 2.45) is 0 Å². The molecular formula is C9H16NO2+. The number of carbonyl (C=O) groups excluding carboxylic acids is 1. The Kier molecular flexibility index (Phi) is 5.97. The van der Waals surface area contributed by atoms with Crippen molar-refractivity contribution in [2.45, 2.75) is 25.7 Å². The summed E-state index contributed by atoms with van der Waals surface area (Å²) in [6, 6.07) is 0. The molecule has 0 aliphatic carbocycles. The number of ether oxygens (including phenoxy) is 1. The van der Waals surface area contributed by atoms with Crippen LogP contribution in [0.4, 0.5) is 0 Å². The molecule has 2 N–H and O–H groups in total. The number of carbonyl (C=O) groups is 1. The smallest absolute Gasteiger partial charge is 0.306 e. The molecule has 3 heteroatoms. The molecular weight excluding hydrogens is 154 g/mol. The molecule has 0 heterocycles. The second kappa shape index (κ2) is 6.58. The third kappa shape index (κ3) is 5.65. The van der Waals surface area contributed by atoms with Gasteiger partial charge >= 0.3 is 5.97 Å². The highest BCUT2D eigenvalue weighted by Gasteiger charge is 2.06. The highest BCUT2D eigenvalue weighted by Crippen LogP contribution is 1.98. The SMILES string of the molecule is C=CCCC(=[NH2+])CCC(=O)OC. The fourth-order valence-electron chi connectivity index (χ4n) is 0.777. The molecule has 0 saturated carbocycles. The topological polar surface area (TPSA) is 51.9 Å². The molecule has 0 rings (SSSR count). The van der Waals surface area contributed by atoms with E-state index in [2.05, 4.69) is 11.3 Å². The largest absolute Gasteiger partial charge is 0.469 e. The van der Waals surface area contributed by atoms with Crippen molar-refractivity contribution >= 4 is 11.7 Å². The highest BCUT2D eigenvalue weighted by molar-refractivity contribution is 5.82. The van der Waals surface area contributed by atoms with Gasteiger partial charge in [-0.25, -0.2) is 0 Å². The van der Waals surface area contributed by atoms with Gasteiger partial charge < -0.3 is 4.74 Å². The van der Waals surface area contributed by atoms with Crippen molar-refractivity contribution in [3.63, 3.8) is 0 Å². The van der Waals surface area contributed by atoms with Crippen LogP contribution in [0.15, 0.2) is 12.7 Å². The predicted octanol–water partition coefficient (Wildman–Crippen LogP) is 0.106. The lowest BCUT2D eigenvalue weighted by atomic mass is 10.1. The number of hydrogen-bond donors (Lipinski definition) is 1. The summed E-state index contributed by atoms with van der Waals surface area (Å²) < 4.78 is 4.48. The van der Waals surface area contributed by atoms with Crippen molar-refractivity contribution < 1.29 is 14.9 Å². The van der Waals surface area contributed by atoms with E-state index in [1.807, 2.05) is 6.08 Å². The van der Waals surface area contributed by atoms with Crippen LogP contribution in [0.3, 0.4) is 0 Å². The van der Waals surface area contributed by atoms with Crippen molar-refractivity contribution in [3.05, 3.63) is 12.7 Å². The van der Waals surface area contributed by atoms with Gasteiger partial charge in [0.25, 0.3) is 0 Å². The molecule has 0 aliphatic heterocycles. The maximum atomic E-state index is 10.7. The Morgan fingerprint density at radius 3 is 2.67 bits per heavy atom. The van der Waals surface area contributed by atoms with Gasteiger partial charge in [-0.2, -0.15) is 0 Å². The molecule has 0 aromatic heterocycles. The summed E-state index contributed by atoms with van der Waals surface area (Å²) in [6.45, 7) is 3.58. The maximum Gasteiger partial charge on any atom is 0.306 e. The van der Waals surface area contributed by atoms with Gasteiger partial charge in [0.05, 0.1) is 13.5 Å². The summed E-state index contributed by atoms with van der Waals surface area (Å²) in [5.41, 5.74) is 0.834. The lowest BCUT2D eigenvalue weighted by Gasteiger charge is -1.96. The first-order chi connectivity index (χ1) is 5.70. The minimum Gasteiger partial charge on any atom is -0.469 e. The van der Waals surface area contributed by atoms with E-state index in [4.69, 9.17) is 5.41 Å². The lowest BCUT2D eigenvalue weighted by molar-refractivity contribution is -0.141. The Bertz CT molecular complexity index is 175. The van der Waals surface area contributed by atoms with Gasteiger partial charge in [0.15, 0.2) is 0 Å². The van der Waals surface area contributed by atoms with Gasteiger partial charge in [0.2, 0.25) is 0 Å². The second-order valence-corrected chi connectivity index (χ2v) is 2.56. The lowest BCUT2D eigenvalue weighted by Crippen LogP contribution is -2.39. The van der Waals surface area contributed by atoms with Gasteiger partial charge in [-0.15, -0.1) is 6.58 Å². The molecule has 0 atom stereocenters. The van der Waals surface area contributed by atoms with Gasteiger partial charge in [-0.1, -0.05) is 6.08 Å². The molecule has 0 bridgehead atoms. The summed E-state index contributed by atoms with van der Waals surface area (Å²) in [5.74, 6) is -0.212. The van der Waals surface area contributed by atoms with Gasteiger partial charge in [-0.3, -0.25) is 10.2 Å². The van der Waals surface area contributed by atoms with Crippen LogP contribution in [-0.2, 0) is 9.53 Å². The summed E-state index contributed by atoms with van der Waals surface area (Å²) in [7, 11) is 1.38. The first-order valence-electron chi connectivity index (χ1n) is 3.98. The molecule has 12 heavy (non-hydrogen) atoms. The van der Waals surface area contributed by atoms with E-state index >= 15 is 0 Å². The third-order valence-corrected chi connectivity index (χ3v) is 1.55. The Morgan fingerprint density at radius 2 is 2.17 bits per heavy atom. The van der Waals surface area contributed by atoms with E-state index in [-0.39, 0.29) is 5.97 Å². The summed E-state index contributed by atoms with van der Waals surface area (Å²) in [5, 5.41) is 5.62. The van der Waals surface area contributed by atoms with E-state index in [1.165, 1.54) is 7.11 Å². The molecule has 0 aromatic rings. The minimum atomic E-state index is -0.212. The average Bonchev–Trinajstić information content (AvgIpc) is 2.10. The molecule has 0 aromatic carbocycles. The van der Waals surface area contributed by atoms with Crippen LogP contribution in [-0.4, -0.2) is 18.8 Å². The third-order valence-electron chi connectivity index (χ3n) is 1.55. The van der Waals surface area contributed by atoms with Crippen LogP contribution in [0.2, 0.25) is 0 Å².